The lowest BCUT2D eigenvalue weighted by Gasteiger charge is -2.32. The van der Waals surface area contributed by atoms with Crippen molar-refractivity contribution >= 4 is 60.4 Å². The summed E-state index contributed by atoms with van der Waals surface area (Å²) in [7, 11) is -6.28. The van der Waals surface area contributed by atoms with E-state index in [4.69, 9.17) is 11.6 Å². The van der Waals surface area contributed by atoms with Gasteiger partial charge in [0, 0.05) is 54.6 Å². The Kier molecular flexibility index (Phi) is 13.9. The van der Waals surface area contributed by atoms with E-state index in [1.807, 2.05) is 23.5 Å². The van der Waals surface area contributed by atoms with Gasteiger partial charge in [-0.2, -0.15) is 18.2 Å². The second-order valence-corrected chi connectivity index (χ2v) is 19.3. The van der Waals surface area contributed by atoms with Crippen LogP contribution < -0.4 is 5.48 Å². The van der Waals surface area contributed by atoms with Crippen LogP contribution >= 0.6 is 35.1 Å². The Balaban J connectivity index is 1.29. The number of fused-ring (bicyclic) bond motifs is 2. The van der Waals surface area contributed by atoms with E-state index in [1.165, 1.54) is 62.1 Å². The molecule has 0 radical (unpaired) electrons. The molecule has 9 nitrogen and oxygen atoms in total. The van der Waals surface area contributed by atoms with Crippen molar-refractivity contribution in [2.75, 3.05) is 31.6 Å². The van der Waals surface area contributed by atoms with E-state index in [9.17, 15) is 21.4 Å². The predicted octanol–water partition coefficient (Wildman–Crippen LogP) is 6.40. The van der Waals surface area contributed by atoms with E-state index in [-0.39, 0.29) is 11.5 Å². The van der Waals surface area contributed by atoms with Crippen LogP contribution in [0.4, 0.5) is 0 Å². The van der Waals surface area contributed by atoms with Gasteiger partial charge in [-0.1, -0.05) is 43.0 Å². The summed E-state index contributed by atoms with van der Waals surface area (Å²) in [5.41, 5.74) is 4.58. The SMILES string of the molecule is CNOS(=O)(=O)CCCC[N+]1=C(/C=C/C2=C(Cl)C(=C/C=C3\SC4CCCCC4N3CCCCS(=O)(=O)[O-])/CCC2)SC2CCCCC21. The minimum atomic E-state index is -4.18. The van der Waals surface area contributed by atoms with Crippen LogP contribution in [0.15, 0.2) is 45.5 Å². The summed E-state index contributed by atoms with van der Waals surface area (Å²) in [5, 5.41) is 4.47. The molecule has 2 aliphatic heterocycles. The number of allylic oxidation sites excluding steroid dienone is 6. The second-order valence-electron chi connectivity index (χ2n) is 13.2. The molecule has 5 rings (SSSR count). The van der Waals surface area contributed by atoms with E-state index in [0.29, 0.717) is 41.8 Å². The van der Waals surface area contributed by atoms with E-state index in [0.717, 1.165) is 61.4 Å². The van der Waals surface area contributed by atoms with Gasteiger partial charge in [-0.3, -0.25) is 0 Å². The standard InChI is InChI=1S/C33H50ClN3O6S4/c1-35-43-47(41,42)24-9-7-22-37-28-14-3-5-16-30(28)45-32(37)20-18-26-12-10-11-25(33(26)34)17-19-31-36(21-6-8-23-46(38,39)40)27-13-2-4-15-29(27)44-31/h17-20,27-30,35H,2-16,21-24H2,1H3. The van der Waals surface area contributed by atoms with Gasteiger partial charge in [-0.25, -0.2) is 13.0 Å². The van der Waals surface area contributed by atoms with Gasteiger partial charge < -0.3 is 9.45 Å². The summed E-state index contributed by atoms with van der Waals surface area (Å²) < 4.78 is 64.4. The molecule has 2 heterocycles. The topological polar surface area (TPSA) is 119 Å². The quantitative estimate of drug-likeness (QED) is 0.0873. The molecule has 0 spiro atoms. The van der Waals surface area contributed by atoms with E-state index in [2.05, 4.69) is 43.5 Å². The Morgan fingerprint density at radius 1 is 0.915 bits per heavy atom. The zero-order valence-corrected chi connectivity index (χ0v) is 31.4. The highest BCUT2D eigenvalue weighted by molar-refractivity contribution is 8.14. The normalized spacial score (nSPS) is 29.0. The zero-order chi connectivity index (χ0) is 33.4. The lowest BCUT2D eigenvalue weighted by molar-refractivity contribution is -0.562. The average molecular weight is 748 g/mol. The molecular weight excluding hydrogens is 698 g/mol. The zero-order valence-electron chi connectivity index (χ0n) is 27.4. The summed E-state index contributed by atoms with van der Waals surface area (Å²) in [4.78, 5) is 2.45. The summed E-state index contributed by atoms with van der Waals surface area (Å²) in [6.45, 7) is 1.60. The molecule has 0 aromatic rings. The van der Waals surface area contributed by atoms with Gasteiger partial charge in [0.2, 0.25) is 5.04 Å². The molecule has 264 valence electrons. The third-order valence-electron chi connectivity index (χ3n) is 9.85. The average Bonchev–Trinajstić information content (AvgIpc) is 3.57. The fraction of sp³-hybridized carbons (Fsp3) is 0.727. The van der Waals surface area contributed by atoms with Crippen LogP contribution in [-0.2, 0) is 24.5 Å². The van der Waals surface area contributed by atoms with Crippen LogP contribution in [0.2, 0.25) is 0 Å². The predicted molar refractivity (Wildman–Crippen MR) is 193 cm³/mol. The third kappa shape index (κ3) is 10.6. The van der Waals surface area contributed by atoms with Crippen LogP contribution in [0, 0.1) is 0 Å². The van der Waals surface area contributed by atoms with E-state index < -0.39 is 20.2 Å². The molecule has 4 unspecified atom stereocenters. The third-order valence-corrected chi connectivity index (χ3v) is 15.3. The van der Waals surface area contributed by atoms with Crippen LogP contribution in [0.1, 0.15) is 96.3 Å². The maximum atomic E-state index is 12.0. The molecule has 0 aromatic carbocycles. The molecule has 0 aromatic heterocycles. The van der Waals surface area contributed by atoms with Gasteiger partial charge in [0.15, 0.2) is 6.04 Å². The molecule has 1 N–H and O–H groups in total. The molecule has 4 atom stereocenters. The first kappa shape index (κ1) is 37.5. The highest BCUT2D eigenvalue weighted by atomic mass is 35.5. The first-order chi connectivity index (χ1) is 22.5. The first-order valence-corrected chi connectivity index (χ1v) is 22.6. The molecule has 2 saturated carbocycles. The highest BCUT2D eigenvalue weighted by Crippen LogP contribution is 2.46. The Bertz CT molecular complexity index is 1490. The number of thioether (sulfide) groups is 2. The van der Waals surface area contributed by atoms with Crippen molar-refractivity contribution in [1.29, 1.82) is 0 Å². The van der Waals surface area contributed by atoms with Gasteiger partial charge >= 0.3 is 0 Å². The number of nitrogens with zero attached hydrogens (tertiary/aromatic N) is 2. The number of hydrogen-bond acceptors (Lipinski definition) is 10. The molecule has 14 heteroatoms. The van der Waals surface area contributed by atoms with Crippen LogP contribution in [0.25, 0.3) is 0 Å². The molecule has 3 aliphatic carbocycles. The molecule has 0 bridgehead atoms. The molecular formula is C33H50ClN3O6S4. The van der Waals surface area contributed by atoms with Crippen LogP contribution in [-0.4, -0.2) is 90.1 Å². The summed E-state index contributed by atoms with van der Waals surface area (Å²) in [6, 6.07) is 0.966. The summed E-state index contributed by atoms with van der Waals surface area (Å²) in [6.07, 6.45) is 23.9. The summed E-state index contributed by atoms with van der Waals surface area (Å²) >= 11 is 11.0. The number of unbranched alkanes of at least 4 members (excludes halogenated alkanes) is 2. The van der Waals surface area contributed by atoms with Gasteiger partial charge in [-0.05, 0) is 93.2 Å². The van der Waals surface area contributed by atoms with Crippen molar-refractivity contribution in [3.8, 4) is 0 Å². The van der Waals surface area contributed by atoms with Crippen molar-refractivity contribution in [2.45, 2.75) is 119 Å². The minimum absolute atomic E-state index is 0.00515. The largest absolute Gasteiger partial charge is 0.748 e. The van der Waals surface area contributed by atoms with Crippen molar-refractivity contribution in [3.05, 3.63) is 45.5 Å². The number of hydroxylamine groups is 1. The maximum absolute atomic E-state index is 12.0. The van der Waals surface area contributed by atoms with Gasteiger partial charge in [0.1, 0.15) is 6.54 Å². The van der Waals surface area contributed by atoms with Crippen molar-refractivity contribution in [1.82, 2.24) is 10.4 Å². The van der Waals surface area contributed by atoms with Crippen molar-refractivity contribution < 1.29 is 30.2 Å². The van der Waals surface area contributed by atoms with Gasteiger partial charge in [0.25, 0.3) is 10.1 Å². The molecule has 0 amide bonds. The van der Waals surface area contributed by atoms with Crippen LogP contribution in [0.3, 0.4) is 0 Å². The lowest BCUT2D eigenvalue weighted by Crippen LogP contribution is -2.37. The smallest absolute Gasteiger partial charge is 0.283 e. The summed E-state index contributed by atoms with van der Waals surface area (Å²) in [5.74, 6) is -0.291. The van der Waals surface area contributed by atoms with Crippen molar-refractivity contribution in [3.63, 3.8) is 0 Å². The lowest BCUT2D eigenvalue weighted by atomic mass is 9.93. The van der Waals surface area contributed by atoms with Gasteiger partial charge in [-0.15, -0.1) is 11.8 Å². The fourth-order valence-corrected chi connectivity index (χ4v) is 12.4. The first-order valence-electron chi connectivity index (χ1n) is 17.3. The number of halogens is 1. The minimum Gasteiger partial charge on any atom is -0.748 e. The number of nitrogens with one attached hydrogen (secondary N) is 1. The monoisotopic (exact) mass is 747 g/mol. The Labute approximate surface area is 295 Å². The van der Waals surface area contributed by atoms with E-state index in [1.54, 1.807) is 0 Å². The van der Waals surface area contributed by atoms with Gasteiger partial charge in [0.05, 0.1) is 26.1 Å². The second kappa shape index (κ2) is 17.4. The fourth-order valence-electron chi connectivity index (χ4n) is 7.58. The maximum Gasteiger partial charge on any atom is 0.283 e. The molecule has 3 fully saturated rings. The Morgan fingerprint density at radius 2 is 1.66 bits per heavy atom. The highest BCUT2D eigenvalue weighted by Gasteiger charge is 2.43. The van der Waals surface area contributed by atoms with E-state index >= 15 is 0 Å². The molecule has 5 aliphatic rings. The Hall–Kier alpha value is -0.800. The Morgan fingerprint density at radius 3 is 2.45 bits per heavy atom. The number of rotatable bonds is 15. The van der Waals surface area contributed by atoms with Crippen LogP contribution in [0.5, 0.6) is 0 Å². The molecule has 47 heavy (non-hydrogen) atoms. The van der Waals surface area contributed by atoms with Crippen molar-refractivity contribution in [2.24, 2.45) is 0 Å². The molecule has 1 saturated heterocycles. The number of hydrogen-bond donors (Lipinski definition) is 1.